The van der Waals surface area contributed by atoms with Gasteiger partial charge in [-0.1, -0.05) is 0 Å². The number of ether oxygens (including phenoxy) is 1. The Hall–Kier alpha value is -1.81. The van der Waals surface area contributed by atoms with Crippen molar-refractivity contribution >= 4 is 16.1 Å². The fraction of sp³-hybridized carbons (Fsp3) is 0.533. The van der Waals surface area contributed by atoms with Gasteiger partial charge in [-0.05, 0) is 18.9 Å². The van der Waals surface area contributed by atoms with Crippen LogP contribution in [0.25, 0.3) is 0 Å². The van der Waals surface area contributed by atoms with Crippen LogP contribution >= 0.6 is 0 Å². The number of sulfonamides is 1. The Labute approximate surface area is 143 Å². The van der Waals surface area contributed by atoms with E-state index in [1.54, 1.807) is 7.05 Å². The van der Waals surface area contributed by atoms with Gasteiger partial charge in [0.1, 0.15) is 16.3 Å². The van der Waals surface area contributed by atoms with Gasteiger partial charge >= 0.3 is 6.09 Å². The van der Waals surface area contributed by atoms with E-state index >= 15 is 0 Å². The lowest BCUT2D eigenvalue weighted by Gasteiger charge is -2.25. The van der Waals surface area contributed by atoms with Crippen molar-refractivity contribution in [2.45, 2.75) is 29.8 Å². The van der Waals surface area contributed by atoms with Crippen LogP contribution in [-0.4, -0.2) is 56.0 Å². The van der Waals surface area contributed by atoms with Gasteiger partial charge in [-0.2, -0.15) is 4.31 Å². The molecule has 1 aromatic carbocycles. The first kappa shape index (κ1) is 18.0. The van der Waals surface area contributed by atoms with Crippen LogP contribution in [0.3, 0.4) is 0 Å². The Kier molecular flexibility index (Phi) is 4.44. The van der Waals surface area contributed by atoms with Gasteiger partial charge in [0.05, 0.1) is 6.54 Å². The highest BCUT2D eigenvalue weighted by molar-refractivity contribution is 7.89. The lowest BCUT2D eigenvalue weighted by atomic mass is 9.95. The molecule has 2 saturated heterocycles. The molecule has 2 aliphatic heterocycles. The molecule has 6 nitrogen and oxygen atoms in total. The first-order valence-corrected chi connectivity index (χ1v) is 9.17. The van der Waals surface area contributed by atoms with Crippen LogP contribution < -0.4 is 0 Å². The molecule has 0 bridgehead atoms. The van der Waals surface area contributed by atoms with Crippen molar-refractivity contribution in [1.29, 1.82) is 0 Å². The topological polar surface area (TPSA) is 66.9 Å². The summed E-state index contributed by atoms with van der Waals surface area (Å²) in [6.07, 6.45) is 0.636. The number of halogens is 3. The SMILES string of the molecule is CN1C[C@]2(CCCN(S(=O)(=O)c3cc(F)c(F)cc3F)CC2)OC1=O. The smallest absolute Gasteiger partial charge is 0.410 e. The normalized spacial score (nSPS) is 25.3. The highest BCUT2D eigenvalue weighted by atomic mass is 32.2. The molecule has 0 aliphatic carbocycles. The molecule has 2 fully saturated rings. The first-order valence-electron chi connectivity index (χ1n) is 7.73. The number of amides is 1. The van der Waals surface area contributed by atoms with Crippen LogP contribution in [0.1, 0.15) is 19.3 Å². The standard InChI is InChI=1S/C15H17F3N2O4S/c1-19-9-15(24-14(19)21)3-2-5-20(6-4-15)25(22,23)13-8-11(17)10(16)7-12(13)18/h7-8H,2-6,9H2,1H3/t15-/m1/s1. The third-order valence-electron chi connectivity index (χ3n) is 4.59. The van der Waals surface area contributed by atoms with E-state index in [1.807, 2.05) is 0 Å². The van der Waals surface area contributed by atoms with Crippen molar-refractivity contribution in [2.24, 2.45) is 0 Å². The molecule has 3 rings (SSSR count). The predicted octanol–water partition coefficient (Wildman–Crippen LogP) is 2.10. The molecule has 2 aliphatic rings. The second kappa shape index (κ2) is 6.17. The summed E-state index contributed by atoms with van der Waals surface area (Å²) in [6, 6.07) is 0.569. The molecule has 0 radical (unpaired) electrons. The molecule has 1 spiro atoms. The predicted molar refractivity (Wildman–Crippen MR) is 80.8 cm³/mol. The number of hydrogen-bond acceptors (Lipinski definition) is 4. The second-order valence-corrected chi connectivity index (χ2v) is 8.27. The third-order valence-corrected chi connectivity index (χ3v) is 6.50. The summed E-state index contributed by atoms with van der Waals surface area (Å²) in [7, 11) is -2.74. The number of benzene rings is 1. The van der Waals surface area contributed by atoms with Crippen molar-refractivity contribution in [1.82, 2.24) is 9.21 Å². The van der Waals surface area contributed by atoms with Gasteiger partial charge in [0, 0.05) is 32.6 Å². The summed E-state index contributed by atoms with van der Waals surface area (Å²) in [5.74, 6) is -4.23. The summed E-state index contributed by atoms with van der Waals surface area (Å²) in [5.41, 5.74) is -0.775. The van der Waals surface area contributed by atoms with E-state index in [1.165, 1.54) is 4.90 Å². The van der Waals surface area contributed by atoms with E-state index in [0.717, 1.165) is 4.31 Å². The van der Waals surface area contributed by atoms with E-state index in [-0.39, 0.29) is 25.6 Å². The Morgan fingerprint density at radius 1 is 1.08 bits per heavy atom. The zero-order valence-corrected chi connectivity index (χ0v) is 14.3. The molecule has 0 aromatic heterocycles. The van der Waals surface area contributed by atoms with Crippen LogP contribution in [0.5, 0.6) is 0 Å². The molecule has 138 valence electrons. The maximum absolute atomic E-state index is 13.9. The van der Waals surface area contributed by atoms with Crippen LogP contribution in [0.4, 0.5) is 18.0 Å². The fourth-order valence-electron chi connectivity index (χ4n) is 3.28. The van der Waals surface area contributed by atoms with Crippen molar-refractivity contribution in [2.75, 3.05) is 26.7 Å². The molecule has 1 atom stereocenters. The van der Waals surface area contributed by atoms with Gasteiger partial charge in [0.15, 0.2) is 11.6 Å². The zero-order valence-electron chi connectivity index (χ0n) is 13.5. The first-order chi connectivity index (χ1) is 11.6. The molecule has 10 heteroatoms. The quantitative estimate of drug-likeness (QED) is 0.740. The van der Waals surface area contributed by atoms with Crippen LogP contribution in [0, 0.1) is 17.5 Å². The molecule has 0 saturated carbocycles. The minimum atomic E-state index is -4.33. The lowest BCUT2D eigenvalue weighted by molar-refractivity contribution is 0.0460. The Morgan fingerprint density at radius 3 is 2.40 bits per heavy atom. The Bertz CT molecular complexity index is 817. The van der Waals surface area contributed by atoms with Gasteiger partial charge in [0.2, 0.25) is 10.0 Å². The van der Waals surface area contributed by atoms with Gasteiger partial charge in [-0.25, -0.2) is 26.4 Å². The van der Waals surface area contributed by atoms with E-state index in [0.29, 0.717) is 25.5 Å². The number of rotatable bonds is 2. The third kappa shape index (κ3) is 3.20. The van der Waals surface area contributed by atoms with E-state index in [2.05, 4.69) is 0 Å². The van der Waals surface area contributed by atoms with Crippen LogP contribution in [-0.2, 0) is 14.8 Å². The molecule has 25 heavy (non-hydrogen) atoms. The molecule has 1 amide bonds. The number of nitrogens with zero attached hydrogens (tertiary/aromatic N) is 2. The van der Waals surface area contributed by atoms with Crippen LogP contribution in [0.15, 0.2) is 17.0 Å². The number of likely N-dealkylation sites (N-methyl/N-ethyl adjacent to an activating group) is 1. The maximum atomic E-state index is 13.9. The molecule has 0 N–H and O–H groups in total. The van der Waals surface area contributed by atoms with Crippen molar-refractivity contribution in [3.8, 4) is 0 Å². The Morgan fingerprint density at radius 2 is 1.76 bits per heavy atom. The zero-order chi connectivity index (χ0) is 18.4. The largest absolute Gasteiger partial charge is 0.441 e. The number of carbonyl (C=O) groups excluding carboxylic acids is 1. The highest BCUT2D eigenvalue weighted by Gasteiger charge is 2.45. The summed E-state index contributed by atoms with van der Waals surface area (Å²) < 4.78 is 72.0. The van der Waals surface area contributed by atoms with E-state index in [9.17, 15) is 26.4 Å². The summed E-state index contributed by atoms with van der Waals surface area (Å²) in [5, 5.41) is 0. The summed E-state index contributed by atoms with van der Waals surface area (Å²) >= 11 is 0. The number of carbonyl (C=O) groups is 1. The summed E-state index contributed by atoms with van der Waals surface area (Å²) in [6.45, 7) is 0.408. The molecular weight excluding hydrogens is 361 g/mol. The molecular formula is C15H17F3N2O4S. The van der Waals surface area contributed by atoms with Crippen molar-refractivity contribution in [3.63, 3.8) is 0 Å². The van der Waals surface area contributed by atoms with E-state index in [4.69, 9.17) is 4.74 Å². The van der Waals surface area contributed by atoms with Crippen LogP contribution in [0.2, 0.25) is 0 Å². The molecule has 2 heterocycles. The van der Waals surface area contributed by atoms with Gasteiger partial charge in [-0.3, -0.25) is 0 Å². The maximum Gasteiger partial charge on any atom is 0.410 e. The average molecular weight is 378 g/mol. The van der Waals surface area contributed by atoms with Gasteiger partial charge in [0.25, 0.3) is 0 Å². The monoisotopic (exact) mass is 378 g/mol. The minimum Gasteiger partial charge on any atom is -0.441 e. The molecule has 1 aromatic rings. The highest BCUT2D eigenvalue weighted by Crippen LogP contribution is 2.34. The second-order valence-electron chi connectivity index (χ2n) is 6.36. The minimum absolute atomic E-state index is 0.0120. The van der Waals surface area contributed by atoms with Gasteiger partial charge < -0.3 is 9.64 Å². The van der Waals surface area contributed by atoms with Gasteiger partial charge in [-0.15, -0.1) is 0 Å². The molecule has 0 unspecified atom stereocenters. The van der Waals surface area contributed by atoms with E-state index < -0.39 is 44.1 Å². The Balaban J connectivity index is 1.85. The number of hydrogen-bond donors (Lipinski definition) is 0. The average Bonchev–Trinajstić information content (AvgIpc) is 2.69. The van der Waals surface area contributed by atoms with Crippen molar-refractivity contribution < 1.29 is 31.1 Å². The lowest BCUT2D eigenvalue weighted by Crippen LogP contribution is -2.37. The summed E-state index contributed by atoms with van der Waals surface area (Å²) in [4.78, 5) is 12.1. The van der Waals surface area contributed by atoms with Crippen molar-refractivity contribution in [3.05, 3.63) is 29.6 Å². The fourth-order valence-corrected chi connectivity index (χ4v) is 4.81.